The predicted molar refractivity (Wildman–Crippen MR) is 48.2 cm³/mol. The molecular formula is C7H4ClFO4S. The quantitative estimate of drug-likeness (QED) is 0.684. The summed E-state index contributed by atoms with van der Waals surface area (Å²) in [6.45, 7) is 0. The lowest BCUT2D eigenvalue weighted by atomic mass is 10.0. The maximum atomic E-state index is 12.8. The SMILES string of the molecule is O=C(O)C1C=CC(F)=C(Cl)C1=S(=O)=O. The fourth-order valence-corrected chi connectivity index (χ4v) is 1.97. The zero-order chi connectivity index (χ0) is 10.9. The van der Waals surface area contributed by atoms with E-state index in [0.29, 0.717) is 0 Å². The Bertz CT molecular complexity index is 466. The second-order valence-corrected chi connectivity index (χ2v) is 3.72. The number of carboxylic acid groups (broad SMARTS) is 1. The van der Waals surface area contributed by atoms with Gasteiger partial charge in [0.25, 0.3) is 0 Å². The van der Waals surface area contributed by atoms with E-state index in [2.05, 4.69) is 0 Å². The van der Waals surface area contributed by atoms with Crippen molar-refractivity contribution in [1.82, 2.24) is 0 Å². The molecule has 0 aliphatic heterocycles. The average molecular weight is 239 g/mol. The molecule has 0 fully saturated rings. The van der Waals surface area contributed by atoms with Crippen LogP contribution in [0.25, 0.3) is 0 Å². The van der Waals surface area contributed by atoms with Crippen molar-refractivity contribution < 1.29 is 22.7 Å². The standard InChI is InChI=1S/C7H4ClFO4S/c8-5-4(9)2-1-3(7(10)11)6(5)14(12)13/h1-3H,(H,10,11). The van der Waals surface area contributed by atoms with Crippen molar-refractivity contribution >= 4 is 32.7 Å². The smallest absolute Gasteiger partial charge is 0.315 e. The normalized spacial score (nSPS) is 21.3. The van der Waals surface area contributed by atoms with Gasteiger partial charge in [-0.2, -0.15) is 8.42 Å². The summed E-state index contributed by atoms with van der Waals surface area (Å²) in [5.41, 5.74) is 0. The van der Waals surface area contributed by atoms with E-state index in [9.17, 15) is 17.6 Å². The van der Waals surface area contributed by atoms with E-state index in [1.54, 1.807) is 0 Å². The number of allylic oxidation sites excluding steroid dienone is 3. The highest BCUT2D eigenvalue weighted by Gasteiger charge is 2.29. The Hall–Kier alpha value is -1.14. The second-order valence-electron chi connectivity index (χ2n) is 2.44. The number of carbonyl (C=O) groups is 1. The average Bonchev–Trinajstić information content (AvgIpc) is 2.08. The Kier molecular flexibility index (Phi) is 3.07. The molecule has 4 nitrogen and oxygen atoms in total. The lowest BCUT2D eigenvalue weighted by Gasteiger charge is -2.11. The molecule has 0 aromatic carbocycles. The van der Waals surface area contributed by atoms with Crippen molar-refractivity contribution in [2.75, 3.05) is 0 Å². The lowest BCUT2D eigenvalue weighted by Crippen LogP contribution is -2.25. The maximum Gasteiger partial charge on any atom is 0.315 e. The number of halogens is 2. The zero-order valence-corrected chi connectivity index (χ0v) is 8.14. The van der Waals surface area contributed by atoms with Crippen LogP contribution in [0, 0.1) is 5.92 Å². The van der Waals surface area contributed by atoms with Crippen LogP contribution in [0.4, 0.5) is 4.39 Å². The van der Waals surface area contributed by atoms with Crippen molar-refractivity contribution in [3.05, 3.63) is 23.0 Å². The van der Waals surface area contributed by atoms with E-state index < -0.39 is 37.9 Å². The van der Waals surface area contributed by atoms with Crippen LogP contribution in [-0.2, 0) is 15.1 Å². The van der Waals surface area contributed by atoms with E-state index in [1.165, 1.54) is 0 Å². The van der Waals surface area contributed by atoms with Crippen LogP contribution in [0.5, 0.6) is 0 Å². The minimum Gasteiger partial charge on any atom is -0.481 e. The van der Waals surface area contributed by atoms with Crippen LogP contribution >= 0.6 is 11.6 Å². The van der Waals surface area contributed by atoms with E-state index in [1.807, 2.05) is 0 Å². The van der Waals surface area contributed by atoms with Crippen LogP contribution in [0.1, 0.15) is 0 Å². The molecule has 7 heteroatoms. The van der Waals surface area contributed by atoms with Gasteiger partial charge in [0, 0.05) is 0 Å². The van der Waals surface area contributed by atoms with E-state index in [-0.39, 0.29) is 0 Å². The van der Waals surface area contributed by atoms with Crippen LogP contribution < -0.4 is 0 Å². The molecule has 0 saturated heterocycles. The van der Waals surface area contributed by atoms with Gasteiger partial charge < -0.3 is 5.11 Å². The van der Waals surface area contributed by atoms with Crippen molar-refractivity contribution in [3.8, 4) is 0 Å². The van der Waals surface area contributed by atoms with Gasteiger partial charge in [-0.25, -0.2) is 4.39 Å². The first-order valence-corrected chi connectivity index (χ1v) is 4.83. The highest BCUT2D eigenvalue weighted by Crippen LogP contribution is 2.24. The number of hydrogen-bond acceptors (Lipinski definition) is 3. The molecule has 0 heterocycles. The summed E-state index contributed by atoms with van der Waals surface area (Å²) in [5, 5.41) is 7.94. The van der Waals surface area contributed by atoms with Crippen LogP contribution in [0.2, 0.25) is 0 Å². The van der Waals surface area contributed by atoms with E-state index >= 15 is 0 Å². The summed E-state index contributed by atoms with van der Waals surface area (Å²) < 4.78 is 34.0. The fraction of sp³-hybridized carbons (Fsp3) is 0.143. The Morgan fingerprint density at radius 2 is 2.14 bits per heavy atom. The maximum absolute atomic E-state index is 12.8. The van der Waals surface area contributed by atoms with Crippen molar-refractivity contribution in [1.29, 1.82) is 0 Å². The molecule has 1 unspecified atom stereocenters. The van der Waals surface area contributed by atoms with E-state index in [4.69, 9.17) is 16.7 Å². The molecule has 0 bridgehead atoms. The monoisotopic (exact) mass is 238 g/mol. The largest absolute Gasteiger partial charge is 0.481 e. The number of hydrogen-bond donors (Lipinski definition) is 1. The molecule has 1 atom stereocenters. The molecule has 1 N–H and O–H groups in total. The Balaban J connectivity index is 3.42. The summed E-state index contributed by atoms with van der Waals surface area (Å²) >= 11 is 5.33. The van der Waals surface area contributed by atoms with Crippen LogP contribution in [0.15, 0.2) is 23.0 Å². The molecule has 0 amide bonds. The molecular weight excluding hydrogens is 235 g/mol. The molecule has 14 heavy (non-hydrogen) atoms. The van der Waals surface area contributed by atoms with Gasteiger partial charge in [0.1, 0.15) is 16.6 Å². The van der Waals surface area contributed by atoms with Gasteiger partial charge in [-0.05, 0) is 6.08 Å². The minimum atomic E-state index is -2.85. The first-order chi connectivity index (χ1) is 6.45. The summed E-state index contributed by atoms with van der Waals surface area (Å²) in [7, 11) is -2.85. The van der Waals surface area contributed by atoms with Gasteiger partial charge in [0.15, 0.2) is 0 Å². The zero-order valence-electron chi connectivity index (χ0n) is 6.57. The van der Waals surface area contributed by atoms with Crippen LogP contribution in [0.3, 0.4) is 0 Å². The third-order valence-electron chi connectivity index (χ3n) is 1.59. The third-order valence-corrected chi connectivity index (χ3v) is 2.90. The molecule has 0 spiro atoms. The predicted octanol–water partition coefficient (Wildman–Crippen LogP) is 0.728. The van der Waals surface area contributed by atoms with Crippen molar-refractivity contribution in [2.45, 2.75) is 0 Å². The van der Waals surface area contributed by atoms with Gasteiger partial charge in [0.05, 0.1) is 5.03 Å². The number of carboxylic acids is 1. The molecule has 0 aromatic rings. The van der Waals surface area contributed by atoms with Gasteiger partial charge >= 0.3 is 5.97 Å². The fourth-order valence-electron chi connectivity index (χ4n) is 0.967. The molecule has 0 saturated carbocycles. The van der Waals surface area contributed by atoms with Gasteiger partial charge in [-0.3, -0.25) is 4.79 Å². The number of rotatable bonds is 1. The molecule has 1 aliphatic carbocycles. The van der Waals surface area contributed by atoms with Crippen molar-refractivity contribution in [3.63, 3.8) is 0 Å². The molecule has 1 aliphatic rings. The molecule has 76 valence electrons. The van der Waals surface area contributed by atoms with E-state index in [0.717, 1.165) is 12.2 Å². The highest BCUT2D eigenvalue weighted by molar-refractivity contribution is 7.73. The lowest BCUT2D eigenvalue weighted by molar-refractivity contribution is -0.137. The first kappa shape index (κ1) is 10.9. The van der Waals surface area contributed by atoms with Gasteiger partial charge in [-0.1, -0.05) is 17.7 Å². The number of aliphatic carboxylic acids is 1. The van der Waals surface area contributed by atoms with Crippen molar-refractivity contribution in [2.24, 2.45) is 5.92 Å². The minimum absolute atomic E-state index is 0.654. The Morgan fingerprint density at radius 1 is 1.57 bits per heavy atom. The Labute approximate surface area is 84.8 Å². The molecule has 0 aromatic heterocycles. The molecule has 1 rings (SSSR count). The topological polar surface area (TPSA) is 71.4 Å². The van der Waals surface area contributed by atoms with Gasteiger partial charge in [0.2, 0.25) is 10.3 Å². The van der Waals surface area contributed by atoms with Crippen LogP contribution in [-0.4, -0.2) is 24.4 Å². The second kappa shape index (κ2) is 3.93. The highest BCUT2D eigenvalue weighted by atomic mass is 35.5. The first-order valence-electron chi connectivity index (χ1n) is 3.38. The summed E-state index contributed by atoms with van der Waals surface area (Å²) in [6.07, 6.45) is 1.76. The summed E-state index contributed by atoms with van der Waals surface area (Å²) in [5.74, 6) is -3.77. The summed E-state index contributed by atoms with van der Waals surface area (Å²) in [4.78, 5) is 9.92. The third kappa shape index (κ3) is 1.85. The Morgan fingerprint density at radius 3 is 2.57 bits per heavy atom. The van der Waals surface area contributed by atoms with Gasteiger partial charge in [-0.15, -0.1) is 0 Å². The summed E-state index contributed by atoms with van der Waals surface area (Å²) in [6, 6.07) is 0. The molecule has 0 radical (unpaired) electrons.